The quantitative estimate of drug-likeness (QED) is 0.699. The summed E-state index contributed by atoms with van der Waals surface area (Å²) in [6.07, 6.45) is 1.05. The minimum absolute atomic E-state index is 0.659. The third-order valence-electron chi connectivity index (χ3n) is 1.80. The average Bonchev–Trinajstić information content (AvgIpc) is 2.48. The van der Waals surface area contributed by atoms with Gasteiger partial charge in [-0.2, -0.15) is 0 Å². The summed E-state index contributed by atoms with van der Waals surface area (Å²) in [5.74, 6) is 0.659. The van der Waals surface area contributed by atoms with Crippen LogP contribution < -0.4 is 0 Å². The lowest BCUT2D eigenvalue weighted by Gasteiger charge is -1.98. The van der Waals surface area contributed by atoms with E-state index in [1.807, 2.05) is 11.3 Å². The van der Waals surface area contributed by atoms with Crippen LogP contribution in [0.4, 0.5) is 0 Å². The Morgan fingerprint density at radius 1 is 1.42 bits per heavy atom. The van der Waals surface area contributed by atoms with Crippen LogP contribution in [0.1, 0.15) is 29.5 Å². The number of methoxy groups -OCH3 is 1. The third kappa shape index (κ3) is 2.61. The summed E-state index contributed by atoms with van der Waals surface area (Å²) >= 11 is 1.90. The lowest BCUT2D eigenvalue weighted by Crippen LogP contribution is -1.90. The molecule has 0 fully saturated rings. The number of rotatable bonds is 4. The van der Waals surface area contributed by atoms with Crippen molar-refractivity contribution in [2.24, 2.45) is 0 Å². The lowest BCUT2D eigenvalue weighted by molar-refractivity contribution is 0.203. The van der Waals surface area contributed by atoms with Gasteiger partial charge in [0.2, 0.25) is 0 Å². The van der Waals surface area contributed by atoms with Gasteiger partial charge in [-0.3, -0.25) is 0 Å². The van der Waals surface area contributed by atoms with E-state index in [9.17, 15) is 0 Å². The van der Waals surface area contributed by atoms with E-state index >= 15 is 0 Å². The Hall–Kier alpha value is -0.340. The van der Waals surface area contributed by atoms with Gasteiger partial charge in [-0.15, -0.1) is 11.3 Å². The summed E-state index contributed by atoms with van der Waals surface area (Å²) in [6, 6.07) is 4.43. The molecule has 0 amide bonds. The molecule has 0 spiro atoms. The van der Waals surface area contributed by atoms with Crippen LogP contribution in [0.25, 0.3) is 0 Å². The highest BCUT2D eigenvalue weighted by molar-refractivity contribution is 7.12. The van der Waals surface area contributed by atoms with E-state index in [1.165, 1.54) is 9.75 Å². The zero-order valence-corrected chi connectivity index (χ0v) is 8.78. The molecule has 1 heterocycles. The summed E-state index contributed by atoms with van der Waals surface area (Å²) < 4.78 is 5.02. The van der Waals surface area contributed by atoms with Crippen LogP contribution in [0.5, 0.6) is 0 Å². The van der Waals surface area contributed by atoms with Crippen molar-refractivity contribution >= 4 is 11.3 Å². The SMILES string of the molecule is COCCc1ccc(C(C)C)s1. The number of hydrogen-bond donors (Lipinski definition) is 0. The second-order valence-electron chi connectivity index (χ2n) is 3.20. The molecule has 1 aromatic rings. The fourth-order valence-electron chi connectivity index (χ4n) is 1.04. The molecule has 0 radical (unpaired) electrons. The number of hydrogen-bond acceptors (Lipinski definition) is 2. The molecule has 0 aliphatic heterocycles. The largest absolute Gasteiger partial charge is 0.384 e. The van der Waals surface area contributed by atoms with Crippen LogP contribution in [0.2, 0.25) is 0 Å². The van der Waals surface area contributed by atoms with Gasteiger partial charge in [-0.25, -0.2) is 0 Å². The molecule has 0 saturated heterocycles. The van der Waals surface area contributed by atoms with E-state index in [-0.39, 0.29) is 0 Å². The van der Waals surface area contributed by atoms with Gasteiger partial charge in [0.1, 0.15) is 0 Å². The molecule has 1 aromatic heterocycles. The van der Waals surface area contributed by atoms with Gasteiger partial charge < -0.3 is 4.74 Å². The van der Waals surface area contributed by atoms with Crippen LogP contribution >= 0.6 is 11.3 Å². The molecule has 0 aliphatic rings. The van der Waals surface area contributed by atoms with Crippen LogP contribution in [0.15, 0.2) is 12.1 Å². The van der Waals surface area contributed by atoms with Gasteiger partial charge >= 0.3 is 0 Å². The van der Waals surface area contributed by atoms with Gasteiger partial charge in [0, 0.05) is 23.3 Å². The Morgan fingerprint density at radius 2 is 2.17 bits per heavy atom. The normalized spacial score (nSPS) is 11.0. The molecule has 0 atom stereocenters. The fourth-order valence-corrected chi connectivity index (χ4v) is 2.04. The summed E-state index contributed by atoms with van der Waals surface area (Å²) in [6.45, 7) is 5.29. The highest BCUT2D eigenvalue weighted by atomic mass is 32.1. The van der Waals surface area contributed by atoms with Crippen molar-refractivity contribution in [2.45, 2.75) is 26.2 Å². The lowest BCUT2D eigenvalue weighted by atomic mass is 10.2. The second-order valence-corrected chi connectivity index (χ2v) is 4.40. The minimum atomic E-state index is 0.659. The van der Waals surface area contributed by atoms with Crippen molar-refractivity contribution in [3.63, 3.8) is 0 Å². The molecule has 1 nitrogen and oxygen atoms in total. The standard InChI is InChI=1S/C10H16OS/c1-8(2)10-5-4-9(12-10)6-7-11-3/h4-5,8H,6-7H2,1-3H3. The monoisotopic (exact) mass is 184 g/mol. The van der Waals surface area contributed by atoms with Crippen LogP contribution in [-0.2, 0) is 11.2 Å². The predicted molar refractivity (Wildman–Crippen MR) is 54.0 cm³/mol. The Kier molecular flexibility index (Phi) is 3.76. The molecule has 0 unspecified atom stereocenters. The second kappa shape index (κ2) is 4.63. The maximum absolute atomic E-state index is 5.02. The van der Waals surface area contributed by atoms with E-state index in [4.69, 9.17) is 4.74 Å². The first-order valence-electron chi connectivity index (χ1n) is 4.31. The molecule has 0 aliphatic carbocycles. The summed E-state index contributed by atoms with van der Waals surface area (Å²) in [5.41, 5.74) is 0. The molecule has 12 heavy (non-hydrogen) atoms. The number of ether oxygens (including phenoxy) is 1. The molecule has 0 bridgehead atoms. The molecule has 68 valence electrons. The first-order chi connectivity index (χ1) is 5.74. The van der Waals surface area contributed by atoms with Crippen molar-refractivity contribution in [2.75, 3.05) is 13.7 Å². The van der Waals surface area contributed by atoms with E-state index in [2.05, 4.69) is 26.0 Å². The van der Waals surface area contributed by atoms with E-state index in [0.29, 0.717) is 5.92 Å². The van der Waals surface area contributed by atoms with Crippen molar-refractivity contribution in [1.82, 2.24) is 0 Å². The first-order valence-corrected chi connectivity index (χ1v) is 5.13. The van der Waals surface area contributed by atoms with Crippen molar-refractivity contribution < 1.29 is 4.74 Å². The Bertz CT molecular complexity index is 227. The molecular weight excluding hydrogens is 168 g/mol. The van der Waals surface area contributed by atoms with Crippen LogP contribution in [-0.4, -0.2) is 13.7 Å². The number of thiophene rings is 1. The van der Waals surface area contributed by atoms with Gasteiger partial charge in [-0.1, -0.05) is 13.8 Å². The minimum Gasteiger partial charge on any atom is -0.384 e. The zero-order chi connectivity index (χ0) is 8.97. The Morgan fingerprint density at radius 3 is 2.67 bits per heavy atom. The highest BCUT2D eigenvalue weighted by Gasteiger charge is 2.02. The maximum Gasteiger partial charge on any atom is 0.0510 e. The summed E-state index contributed by atoms with van der Waals surface area (Å²) in [4.78, 5) is 2.90. The molecule has 1 rings (SSSR count). The van der Waals surface area contributed by atoms with Gasteiger partial charge in [0.25, 0.3) is 0 Å². The smallest absolute Gasteiger partial charge is 0.0510 e. The Labute approximate surface area is 78.4 Å². The highest BCUT2D eigenvalue weighted by Crippen LogP contribution is 2.24. The van der Waals surface area contributed by atoms with Crippen LogP contribution in [0.3, 0.4) is 0 Å². The van der Waals surface area contributed by atoms with E-state index < -0.39 is 0 Å². The summed E-state index contributed by atoms with van der Waals surface area (Å²) in [5, 5.41) is 0. The average molecular weight is 184 g/mol. The van der Waals surface area contributed by atoms with Gasteiger partial charge in [0.05, 0.1) is 6.61 Å². The first kappa shape index (κ1) is 9.75. The van der Waals surface area contributed by atoms with Gasteiger partial charge in [-0.05, 0) is 18.1 Å². The third-order valence-corrected chi connectivity index (χ3v) is 3.25. The predicted octanol–water partition coefficient (Wildman–Crippen LogP) is 3.06. The zero-order valence-electron chi connectivity index (χ0n) is 7.96. The Balaban J connectivity index is 2.52. The van der Waals surface area contributed by atoms with Crippen molar-refractivity contribution in [3.8, 4) is 0 Å². The topological polar surface area (TPSA) is 9.23 Å². The maximum atomic E-state index is 5.02. The summed E-state index contributed by atoms with van der Waals surface area (Å²) in [7, 11) is 1.75. The van der Waals surface area contributed by atoms with Crippen molar-refractivity contribution in [1.29, 1.82) is 0 Å². The van der Waals surface area contributed by atoms with E-state index in [0.717, 1.165) is 13.0 Å². The fraction of sp³-hybridized carbons (Fsp3) is 0.600. The van der Waals surface area contributed by atoms with Crippen molar-refractivity contribution in [3.05, 3.63) is 21.9 Å². The molecule has 0 N–H and O–H groups in total. The van der Waals surface area contributed by atoms with Crippen LogP contribution in [0, 0.1) is 0 Å². The van der Waals surface area contributed by atoms with E-state index in [1.54, 1.807) is 7.11 Å². The van der Waals surface area contributed by atoms with Gasteiger partial charge in [0.15, 0.2) is 0 Å². The molecule has 0 saturated carbocycles. The molecule has 2 heteroatoms. The molecule has 0 aromatic carbocycles. The molecular formula is C10H16OS.